The fraction of sp³-hybridized carbons (Fsp3) is 0.200. The maximum Gasteiger partial charge on any atom is 0.256 e. The van der Waals surface area contributed by atoms with Crippen LogP contribution in [0, 0.1) is 17.5 Å². The highest BCUT2D eigenvalue weighted by atomic mass is 19.3. The van der Waals surface area contributed by atoms with Crippen LogP contribution >= 0.6 is 0 Å². The fourth-order valence-corrected chi connectivity index (χ4v) is 2.05. The van der Waals surface area contributed by atoms with E-state index in [1.54, 1.807) is 13.0 Å². The van der Waals surface area contributed by atoms with E-state index < -0.39 is 30.4 Å². The Morgan fingerprint density at radius 3 is 2.19 bits per heavy atom. The molecule has 0 atom stereocenters. The van der Waals surface area contributed by atoms with Gasteiger partial charge in [-0.2, -0.15) is 0 Å². The van der Waals surface area contributed by atoms with E-state index in [1.165, 1.54) is 6.08 Å². The van der Waals surface area contributed by atoms with Crippen molar-refractivity contribution in [1.29, 1.82) is 0 Å². The molecule has 0 N–H and O–H groups in total. The molecule has 6 heteroatoms. The summed E-state index contributed by atoms with van der Waals surface area (Å²) < 4.78 is 65.0. The second kappa shape index (κ2) is 5.71. The monoisotopic (exact) mass is 301 g/mol. The Morgan fingerprint density at radius 2 is 1.67 bits per heavy atom. The number of hydrogen-bond acceptors (Lipinski definition) is 1. The second-order valence-electron chi connectivity index (χ2n) is 4.60. The first-order chi connectivity index (χ1) is 9.81. The van der Waals surface area contributed by atoms with Gasteiger partial charge < -0.3 is 4.90 Å². The van der Waals surface area contributed by atoms with Gasteiger partial charge in [0.05, 0.1) is 6.54 Å². The predicted molar refractivity (Wildman–Crippen MR) is 69.9 cm³/mol. The molecule has 1 nitrogen and oxygen atoms in total. The van der Waals surface area contributed by atoms with Crippen molar-refractivity contribution < 1.29 is 22.0 Å². The minimum Gasteiger partial charge on any atom is -0.336 e. The summed E-state index contributed by atoms with van der Waals surface area (Å²) in [6.45, 7) is 4.70. The average Bonchev–Trinajstić information content (AvgIpc) is 2.40. The SMILES string of the molecule is C=C1C(C)=CC=C(c2cc(F)c(F)c(F)c2)N1CC(F)F. The summed E-state index contributed by atoms with van der Waals surface area (Å²) in [5.41, 5.74) is 1.07. The second-order valence-corrected chi connectivity index (χ2v) is 4.60. The number of alkyl halides is 2. The zero-order valence-corrected chi connectivity index (χ0v) is 11.1. The summed E-state index contributed by atoms with van der Waals surface area (Å²) in [5.74, 6) is -4.35. The van der Waals surface area contributed by atoms with Gasteiger partial charge in [0.1, 0.15) is 0 Å². The van der Waals surface area contributed by atoms with E-state index in [9.17, 15) is 22.0 Å². The van der Waals surface area contributed by atoms with Crippen molar-refractivity contribution in [2.24, 2.45) is 0 Å². The molecule has 0 radical (unpaired) electrons. The van der Waals surface area contributed by atoms with E-state index in [-0.39, 0.29) is 11.3 Å². The molecule has 0 unspecified atom stereocenters. The molecule has 112 valence electrons. The lowest BCUT2D eigenvalue weighted by atomic mass is 10.0. The molecule has 0 aromatic heterocycles. The first-order valence-electron chi connectivity index (χ1n) is 6.09. The molecular formula is C15H12F5N. The van der Waals surface area contributed by atoms with Gasteiger partial charge in [-0.05, 0) is 30.7 Å². The highest BCUT2D eigenvalue weighted by Gasteiger charge is 2.24. The molecule has 1 heterocycles. The van der Waals surface area contributed by atoms with E-state index in [2.05, 4.69) is 6.58 Å². The van der Waals surface area contributed by atoms with Crippen LogP contribution in [0.2, 0.25) is 0 Å². The maximum atomic E-state index is 13.3. The maximum absolute atomic E-state index is 13.3. The molecule has 0 saturated carbocycles. The van der Waals surface area contributed by atoms with Gasteiger partial charge >= 0.3 is 0 Å². The van der Waals surface area contributed by atoms with Gasteiger partial charge in [-0.1, -0.05) is 12.7 Å². The predicted octanol–water partition coefficient (Wildman–Crippen LogP) is 4.49. The molecule has 1 aromatic carbocycles. The lowest BCUT2D eigenvalue weighted by Crippen LogP contribution is -2.28. The Morgan fingerprint density at radius 1 is 1.10 bits per heavy atom. The highest BCUT2D eigenvalue weighted by Crippen LogP contribution is 2.32. The van der Waals surface area contributed by atoms with Crippen LogP contribution in [-0.4, -0.2) is 17.9 Å². The summed E-state index contributed by atoms with van der Waals surface area (Å²) in [6, 6.07) is 1.54. The van der Waals surface area contributed by atoms with Crippen molar-refractivity contribution in [2.45, 2.75) is 13.3 Å². The number of allylic oxidation sites excluding steroid dienone is 3. The van der Waals surface area contributed by atoms with Crippen molar-refractivity contribution in [2.75, 3.05) is 6.54 Å². The Labute approximate surface area is 118 Å². The molecule has 0 aliphatic carbocycles. The molecular weight excluding hydrogens is 289 g/mol. The first-order valence-corrected chi connectivity index (χ1v) is 6.09. The van der Waals surface area contributed by atoms with Crippen LogP contribution in [-0.2, 0) is 0 Å². The average molecular weight is 301 g/mol. The van der Waals surface area contributed by atoms with Gasteiger partial charge in [-0.15, -0.1) is 0 Å². The van der Waals surface area contributed by atoms with E-state index in [0.717, 1.165) is 17.0 Å². The third-order valence-electron chi connectivity index (χ3n) is 3.16. The van der Waals surface area contributed by atoms with Crippen molar-refractivity contribution in [3.05, 3.63) is 65.1 Å². The zero-order valence-electron chi connectivity index (χ0n) is 11.1. The molecule has 0 saturated heterocycles. The van der Waals surface area contributed by atoms with Crippen LogP contribution in [0.5, 0.6) is 0 Å². The third-order valence-corrected chi connectivity index (χ3v) is 3.16. The third kappa shape index (κ3) is 2.99. The van der Waals surface area contributed by atoms with Crippen LogP contribution < -0.4 is 0 Å². The van der Waals surface area contributed by atoms with Crippen molar-refractivity contribution in [3.8, 4) is 0 Å². The number of rotatable bonds is 3. The van der Waals surface area contributed by atoms with Crippen molar-refractivity contribution in [3.63, 3.8) is 0 Å². The van der Waals surface area contributed by atoms with E-state index >= 15 is 0 Å². The van der Waals surface area contributed by atoms with E-state index in [1.807, 2.05) is 0 Å². The summed E-state index contributed by atoms with van der Waals surface area (Å²) in [7, 11) is 0. The normalized spacial score (nSPS) is 15.4. The van der Waals surface area contributed by atoms with Crippen LogP contribution in [0.25, 0.3) is 5.70 Å². The van der Waals surface area contributed by atoms with Gasteiger partial charge in [0.2, 0.25) is 0 Å². The minimum absolute atomic E-state index is 0.0306. The Kier molecular flexibility index (Phi) is 4.16. The fourth-order valence-electron chi connectivity index (χ4n) is 2.05. The molecule has 0 bridgehead atoms. The van der Waals surface area contributed by atoms with Gasteiger partial charge in [-0.3, -0.25) is 0 Å². The number of hydrogen-bond donors (Lipinski definition) is 0. The first kappa shape index (κ1) is 15.3. The van der Waals surface area contributed by atoms with Crippen LogP contribution in [0.1, 0.15) is 12.5 Å². The van der Waals surface area contributed by atoms with E-state index in [0.29, 0.717) is 11.3 Å². The Bertz CT molecular complexity index is 622. The topological polar surface area (TPSA) is 3.24 Å². The van der Waals surface area contributed by atoms with Gasteiger partial charge in [0, 0.05) is 17.0 Å². The summed E-state index contributed by atoms with van der Waals surface area (Å²) >= 11 is 0. The molecule has 2 rings (SSSR count). The van der Waals surface area contributed by atoms with Crippen molar-refractivity contribution in [1.82, 2.24) is 4.90 Å². The molecule has 0 fully saturated rings. The van der Waals surface area contributed by atoms with E-state index in [4.69, 9.17) is 0 Å². The van der Waals surface area contributed by atoms with Crippen molar-refractivity contribution >= 4 is 5.70 Å². The van der Waals surface area contributed by atoms with Gasteiger partial charge in [0.15, 0.2) is 17.5 Å². The lowest BCUT2D eigenvalue weighted by Gasteiger charge is -2.32. The quantitative estimate of drug-likeness (QED) is 0.587. The zero-order chi connectivity index (χ0) is 15.7. The molecule has 0 amide bonds. The molecule has 0 spiro atoms. The molecule has 1 aliphatic heterocycles. The number of benzene rings is 1. The Hall–Kier alpha value is -2.11. The smallest absolute Gasteiger partial charge is 0.256 e. The minimum atomic E-state index is -2.66. The largest absolute Gasteiger partial charge is 0.336 e. The lowest BCUT2D eigenvalue weighted by molar-refractivity contribution is 0.123. The van der Waals surface area contributed by atoms with Gasteiger partial charge in [0.25, 0.3) is 6.43 Å². The Balaban J connectivity index is 2.51. The molecule has 21 heavy (non-hydrogen) atoms. The summed E-state index contributed by atoms with van der Waals surface area (Å²) in [6.07, 6.45) is 0.378. The van der Waals surface area contributed by atoms with Crippen LogP contribution in [0.4, 0.5) is 22.0 Å². The van der Waals surface area contributed by atoms with Crippen LogP contribution in [0.3, 0.4) is 0 Å². The highest BCUT2D eigenvalue weighted by molar-refractivity contribution is 5.70. The molecule has 1 aliphatic rings. The standard InChI is InChI=1S/C15H12F5N/c1-8-3-4-13(21(9(8)2)7-14(18)19)10-5-11(16)15(20)12(17)6-10/h3-6,14H,2,7H2,1H3. The number of halogens is 5. The van der Waals surface area contributed by atoms with Gasteiger partial charge in [-0.25, -0.2) is 22.0 Å². The molecule has 1 aromatic rings. The summed E-state index contributed by atoms with van der Waals surface area (Å²) in [5, 5.41) is 0. The summed E-state index contributed by atoms with van der Waals surface area (Å²) in [4.78, 5) is 1.16. The number of nitrogens with zero attached hydrogens (tertiary/aromatic N) is 1. The van der Waals surface area contributed by atoms with Crippen LogP contribution in [0.15, 0.2) is 42.1 Å².